The first-order valence-electron chi connectivity index (χ1n) is 9.35. The van der Waals surface area contributed by atoms with E-state index < -0.39 is 0 Å². The average Bonchev–Trinajstić information content (AvgIpc) is 3.08. The van der Waals surface area contributed by atoms with Gasteiger partial charge < -0.3 is 15.4 Å². The first-order valence-corrected chi connectivity index (χ1v) is 9.73. The Balaban J connectivity index is 1.71. The van der Waals surface area contributed by atoms with Crippen LogP contribution in [0.3, 0.4) is 0 Å². The molecule has 2 N–H and O–H groups in total. The number of rotatable bonds is 7. The summed E-state index contributed by atoms with van der Waals surface area (Å²) in [6.45, 7) is 3.58. The number of aromatic nitrogens is 3. The van der Waals surface area contributed by atoms with Crippen molar-refractivity contribution in [1.29, 1.82) is 0 Å². The van der Waals surface area contributed by atoms with Gasteiger partial charge in [-0.25, -0.2) is 4.68 Å². The Morgan fingerprint density at radius 1 is 1.13 bits per heavy atom. The van der Waals surface area contributed by atoms with Crippen LogP contribution in [0.25, 0.3) is 0 Å². The van der Waals surface area contributed by atoms with Crippen molar-refractivity contribution in [3.05, 3.63) is 64.4 Å². The highest BCUT2D eigenvalue weighted by molar-refractivity contribution is 6.31. The van der Waals surface area contributed by atoms with Crippen LogP contribution in [0.15, 0.2) is 42.5 Å². The molecule has 0 atom stereocenters. The zero-order valence-corrected chi connectivity index (χ0v) is 17.7. The Labute approximate surface area is 179 Å². The second-order valence-electron chi connectivity index (χ2n) is 6.54. The number of ether oxygens (including phenoxy) is 1. The van der Waals surface area contributed by atoms with Crippen molar-refractivity contribution in [3.63, 3.8) is 0 Å². The summed E-state index contributed by atoms with van der Waals surface area (Å²) >= 11 is 5.99. The molecule has 3 rings (SSSR count). The van der Waals surface area contributed by atoms with Crippen molar-refractivity contribution in [1.82, 2.24) is 15.0 Å². The van der Waals surface area contributed by atoms with Crippen LogP contribution in [0.5, 0.6) is 5.75 Å². The number of aryl methyl sites for hydroxylation is 1. The molecular weight excluding hydrogens is 406 g/mol. The van der Waals surface area contributed by atoms with Gasteiger partial charge in [0.2, 0.25) is 5.91 Å². The number of hydrogen-bond donors (Lipinski definition) is 2. The molecule has 156 valence electrons. The summed E-state index contributed by atoms with van der Waals surface area (Å²) in [6.07, 6.45) is 0.787. The summed E-state index contributed by atoms with van der Waals surface area (Å²) in [7, 11) is 1.50. The first kappa shape index (κ1) is 21.3. The van der Waals surface area contributed by atoms with Crippen molar-refractivity contribution < 1.29 is 14.3 Å². The third kappa shape index (κ3) is 4.77. The highest BCUT2D eigenvalue weighted by Crippen LogP contribution is 2.27. The van der Waals surface area contributed by atoms with Gasteiger partial charge in [-0.15, -0.1) is 5.10 Å². The second-order valence-corrected chi connectivity index (χ2v) is 6.98. The molecule has 0 unspecified atom stereocenters. The number of halogens is 1. The standard InChI is InChI=1S/C21H22ClN5O3/c1-4-14-7-5-6-8-16(14)24-21(29)20-13(2)27(26-25-20)12-19(28)23-17-11-15(22)9-10-18(17)30-3/h5-11H,4,12H2,1-3H3,(H,23,28)(H,24,29). The summed E-state index contributed by atoms with van der Waals surface area (Å²) in [5, 5.41) is 14.0. The van der Waals surface area contributed by atoms with E-state index in [4.69, 9.17) is 16.3 Å². The van der Waals surface area contributed by atoms with E-state index in [2.05, 4.69) is 20.9 Å². The SMILES string of the molecule is CCc1ccccc1NC(=O)c1nnn(CC(=O)Nc2cc(Cl)ccc2OC)c1C. The van der Waals surface area contributed by atoms with Gasteiger partial charge in [-0.05, 0) is 43.2 Å². The van der Waals surface area contributed by atoms with Gasteiger partial charge in [0, 0.05) is 10.7 Å². The van der Waals surface area contributed by atoms with E-state index in [9.17, 15) is 9.59 Å². The molecule has 0 fully saturated rings. The van der Waals surface area contributed by atoms with Crippen molar-refractivity contribution in [2.24, 2.45) is 0 Å². The molecule has 1 heterocycles. The van der Waals surface area contributed by atoms with Gasteiger partial charge in [-0.1, -0.05) is 41.9 Å². The third-order valence-corrected chi connectivity index (χ3v) is 4.81. The van der Waals surface area contributed by atoms with Crippen molar-refractivity contribution in [3.8, 4) is 5.75 Å². The summed E-state index contributed by atoms with van der Waals surface area (Å²) in [6, 6.07) is 12.5. The molecule has 8 nitrogen and oxygen atoms in total. The third-order valence-electron chi connectivity index (χ3n) is 4.57. The monoisotopic (exact) mass is 427 g/mol. The molecule has 9 heteroatoms. The van der Waals surface area contributed by atoms with Crippen LogP contribution in [0.2, 0.25) is 5.02 Å². The number of carbonyl (C=O) groups is 2. The number of anilines is 2. The summed E-state index contributed by atoms with van der Waals surface area (Å²) in [5.74, 6) is -0.249. The van der Waals surface area contributed by atoms with E-state index in [0.29, 0.717) is 22.2 Å². The lowest BCUT2D eigenvalue weighted by atomic mass is 10.1. The molecule has 2 amide bonds. The van der Waals surface area contributed by atoms with Gasteiger partial charge in [0.05, 0.1) is 18.5 Å². The molecule has 2 aromatic carbocycles. The predicted molar refractivity (Wildman–Crippen MR) is 115 cm³/mol. The maximum Gasteiger partial charge on any atom is 0.278 e. The Morgan fingerprint density at radius 3 is 2.63 bits per heavy atom. The molecule has 0 aliphatic rings. The smallest absolute Gasteiger partial charge is 0.278 e. The number of nitrogens with one attached hydrogen (secondary N) is 2. The Hall–Kier alpha value is -3.39. The van der Waals surface area contributed by atoms with E-state index in [0.717, 1.165) is 17.7 Å². The van der Waals surface area contributed by atoms with Crippen LogP contribution in [0.1, 0.15) is 28.7 Å². The molecule has 0 aliphatic carbocycles. The second kappa shape index (κ2) is 9.41. The minimum Gasteiger partial charge on any atom is -0.495 e. The van der Waals surface area contributed by atoms with Crippen LogP contribution < -0.4 is 15.4 Å². The van der Waals surface area contributed by atoms with Crippen molar-refractivity contribution >= 4 is 34.8 Å². The normalized spacial score (nSPS) is 10.5. The minimum atomic E-state index is -0.378. The Kier molecular flexibility index (Phi) is 6.68. The number of nitrogens with zero attached hydrogens (tertiary/aromatic N) is 3. The highest BCUT2D eigenvalue weighted by atomic mass is 35.5. The van der Waals surface area contributed by atoms with Gasteiger partial charge in [-0.2, -0.15) is 0 Å². The summed E-state index contributed by atoms with van der Waals surface area (Å²) < 4.78 is 6.59. The van der Waals surface area contributed by atoms with Crippen LogP contribution >= 0.6 is 11.6 Å². The number of amides is 2. The fourth-order valence-corrected chi connectivity index (χ4v) is 3.13. The lowest BCUT2D eigenvalue weighted by Crippen LogP contribution is -2.21. The van der Waals surface area contributed by atoms with Crippen LogP contribution in [-0.4, -0.2) is 33.9 Å². The van der Waals surface area contributed by atoms with Gasteiger partial charge in [-0.3, -0.25) is 9.59 Å². The molecule has 0 spiro atoms. The molecule has 0 bridgehead atoms. The fraction of sp³-hybridized carbons (Fsp3) is 0.238. The van der Waals surface area contributed by atoms with Gasteiger partial charge in [0.25, 0.3) is 5.91 Å². The number of methoxy groups -OCH3 is 1. The largest absolute Gasteiger partial charge is 0.495 e. The molecule has 30 heavy (non-hydrogen) atoms. The predicted octanol–water partition coefficient (Wildman–Crippen LogP) is 3.70. The molecule has 0 saturated carbocycles. The first-order chi connectivity index (χ1) is 14.4. The fourth-order valence-electron chi connectivity index (χ4n) is 2.96. The van der Waals surface area contributed by atoms with Gasteiger partial charge in [0.1, 0.15) is 12.3 Å². The molecule has 0 radical (unpaired) electrons. The van der Waals surface area contributed by atoms with Crippen molar-refractivity contribution in [2.45, 2.75) is 26.8 Å². The maximum absolute atomic E-state index is 12.7. The molecular formula is C21H22ClN5O3. The average molecular weight is 428 g/mol. The zero-order chi connectivity index (χ0) is 21.7. The Bertz CT molecular complexity index is 1080. The van der Waals surface area contributed by atoms with E-state index >= 15 is 0 Å². The topological polar surface area (TPSA) is 98.1 Å². The zero-order valence-electron chi connectivity index (χ0n) is 16.9. The van der Waals surface area contributed by atoms with Gasteiger partial charge in [0.15, 0.2) is 5.69 Å². The van der Waals surface area contributed by atoms with E-state index in [-0.39, 0.29) is 24.1 Å². The molecule has 3 aromatic rings. The lowest BCUT2D eigenvalue weighted by molar-refractivity contribution is -0.117. The van der Waals surface area contributed by atoms with E-state index in [1.54, 1.807) is 25.1 Å². The number of benzene rings is 2. The summed E-state index contributed by atoms with van der Waals surface area (Å²) in [5.41, 5.74) is 2.83. The summed E-state index contributed by atoms with van der Waals surface area (Å²) in [4.78, 5) is 25.1. The number of carbonyl (C=O) groups excluding carboxylic acids is 2. The molecule has 0 saturated heterocycles. The van der Waals surface area contributed by atoms with E-state index in [1.165, 1.54) is 11.8 Å². The number of hydrogen-bond acceptors (Lipinski definition) is 5. The Morgan fingerprint density at radius 2 is 1.90 bits per heavy atom. The van der Waals surface area contributed by atoms with Crippen LogP contribution in [0.4, 0.5) is 11.4 Å². The quantitative estimate of drug-likeness (QED) is 0.599. The highest BCUT2D eigenvalue weighted by Gasteiger charge is 2.19. The molecule has 1 aromatic heterocycles. The minimum absolute atomic E-state index is 0.118. The van der Waals surface area contributed by atoms with Crippen LogP contribution in [0, 0.1) is 6.92 Å². The number of para-hydroxylation sites is 1. The van der Waals surface area contributed by atoms with Crippen molar-refractivity contribution in [2.75, 3.05) is 17.7 Å². The van der Waals surface area contributed by atoms with Gasteiger partial charge >= 0.3 is 0 Å². The van der Waals surface area contributed by atoms with E-state index in [1.807, 2.05) is 31.2 Å². The lowest BCUT2D eigenvalue weighted by Gasteiger charge is -2.11. The van der Waals surface area contributed by atoms with Crippen LogP contribution in [-0.2, 0) is 17.8 Å². The molecule has 0 aliphatic heterocycles. The maximum atomic E-state index is 12.7.